The number of piperidine rings is 1. The van der Waals surface area contributed by atoms with E-state index in [-0.39, 0.29) is 25.9 Å². The summed E-state index contributed by atoms with van der Waals surface area (Å²) >= 11 is 0. The van der Waals surface area contributed by atoms with E-state index in [1.807, 2.05) is 29.2 Å². The smallest absolute Gasteiger partial charge is 0.251 e. The van der Waals surface area contributed by atoms with Crippen LogP contribution in [-0.2, 0) is 0 Å². The van der Waals surface area contributed by atoms with E-state index in [9.17, 15) is 8.78 Å². The lowest BCUT2D eigenvalue weighted by molar-refractivity contribution is -0.0221. The second-order valence-corrected chi connectivity index (χ2v) is 6.39. The monoisotopic (exact) mass is 356 g/mol. The number of alkyl halides is 2. The first-order chi connectivity index (χ1) is 12.5. The van der Waals surface area contributed by atoms with Gasteiger partial charge in [0.1, 0.15) is 12.1 Å². The maximum atomic E-state index is 13.4. The highest BCUT2D eigenvalue weighted by Crippen LogP contribution is 2.31. The zero-order valence-electron chi connectivity index (χ0n) is 14.0. The molecule has 1 aliphatic rings. The quantitative estimate of drug-likeness (QED) is 0.777. The SMILES string of the molecule is NC(c1ccccn1)c1ncnc2cnc(N3CCC(F)(F)CC3)cc12. The molecule has 1 aliphatic heterocycles. The molecule has 1 saturated heterocycles. The molecular weight excluding hydrogens is 338 g/mol. The fourth-order valence-corrected chi connectivity index (χ4v) is 3.15. The number of rotatable bonds is 3. The Balaban J connectivity index is 1.71. The molecule has 0 saturated carbocycles. The Morgan fingerprint density at radius 2 is 1.88 bits per heavy atom. The molecule has 0 spiro atoms. The highest BCUT2D eigenvalue weighted by Gasteiger charge is 2.34. The van der Waals surface area contributed by atoms with Crippen LogP contribution in [0.25, 0.3) is 10.9 Å². The molecule has 4 heterocycles. The molecule has 0 aromatic carbocycles. The molecule has 4 rings (SSSR count). The number of pyridine rings is 2. The van der Waals surface area contributed by atoms with Crippen molar-refractivity contribution in [2.24, 2.45) is 5.73 Å². The lowest BCUT2D eigenvalue weighted by Crippen LogP contribution is -2.39. The Morgan fingerprint density at radius 3 is 2.62 bits per heavy atom. The summed E-state index contributed by atoms with van der Waals surface area (Å²) < 4.78 is 26.8. The van der Waals surface area contributed by atoms with Crippen LogP contribution in [-0.4, -0.2) is 38.9 Å². The predicted octanol–water partition coefficient (Wildman–Crippen LogP) is 2.70. The van der Waals surface area contributed by atoms with Gasteiger partial charge < -0.3 is 10.6 Å². The third kappa shape index (κ3) is 3.20. The molecule has 6 nitrogen and oxygen atoms in total. The van der Waals surface area contributed by atoms with Crippen molar-refractivity contribution in [3.05, 3.63) is 54.4 Å². The van der Waals surface area contributed by atoms with Crippen molar-refractivity contribution >= 4 is 16.7 Å². The van der Waals surface area contributed by atoms with Gasteiger partial charge in [-0.1, -0.05) is 6.07 Å². The third-order valence-electron chi connectivity index (χ3n) is 4.66. The molecule has 134 valence electrons. The number of nitrogens with zero attached hydrogens (tertiary/aromatic N) is 5. The highest BCUT2D eigenvalue weighted by molar-refractivity contribution is 5.83. The molecule has 1 atom stereocenters. The molecule has 0 bridgehead atoms. The van der Waals surface area contributed by atoms with Gasteiger partial charge in [0, 0.05) is 37.5 Å². The number of aromatic nitrogens is 4. The van der Waals surface area contributed by atoms with Gasteiger partial charge in [-0.3, -0.25) is 4.98 Å². The number of halogens is 2. The molecule has 0 radical (unpaired) electrons. The molecule has 3 aromatic rings. The maximum Gasteiger partial charge on any atom is 0.251 e. The summed E-state index contributed by atoms with van der Waals surface area (Å²) in [6.45, 7) is 0.529. The van der Waals surface area contributed by atoms with Gasteiger partial charge in [0.05, 0.1) is 29.1 Å². The van der Waals surface area contributed by atoms with Gasteiger partial charge in [-0.25, -0.2) is 23.7 Å². The molecule has 1 fully saturated rings. The van der Waals surface area contributed by atoms with Crippen LogP contribution >= 0.6 is 0 Å². The van der Waals surface area contributed by atoms with Crippen molar-refractivity contribution < 1.29 is 8.78 Å². The normalized spacial score (nSPS) is 18.0. The standard InChI is InChI=1S/C18H18F2N6/c19-18(20)4-7-26(8-5-18)15-9-12-14(10-23-15)24-11-25-17(12)16(21)13-3-1-2-6-22-13/h1-3,6,9-11,16H,4-5,7-8,21H2. The molecule has 3 aromatic heterocycles. The van der Waals surface area contributed by atoms with E-state index in [1.54, 1.807) is 12.4 Å². The zero-order chi connectivity index (χ0) is 18.1. The second kappa shape index (κ2) is 6.53. The van der Waals surface area contributed by atoms with E-state index < -0.39 is 12.0 Å². The van der Waals surface area contributed by atoms with E-state index in [1.165, 1.54) is 6.33 Å². The largest absolute Gasteiger partial charge is 0.356 e. The van der Waals surface area contributed by atoms with Crippen LogP contribution in [0, 0.1) is 0 Å². The van der Waals surface area contributed by atoms with Gasteiger partial charge in [0.25, 0.3) is 5.92 Å². The maximum absolute atomic E-state index is 13.4. The molecule has 0 amide bonds. The summed E-state index contributed by atoms with van der Waals surface area (Å²) in [5.74, 6) is -1.96. The van der Waals surface area contributed by atoms with Crippen LogP contribution < -0.4 is 10.6 Å². The molecule has 8 heteroatoms. The van der Waals surface area contributed by atoms with Gasteiger partial charge in [-0.15, -0.1) is 0 Å². The Labute approximate surface area is 149 Å². The third-order valence-corrected chi connectivity index (χ3v) is 4.66. The van der Waals surface area contributed by atoms with E-state index in [4.69, 9.17) is 5.73 Å². The zero-order valence-corrected chi connectivity index (χ0v) is 14.0. The number of hydrogen-bond acceptors (Lipinski definition) is 6. The Bertz CT molecular complexity index is 908. The van der Waals surface area contributed by atoms with Crippen LogP contribution in [0.4, 0.5) is 14.6 Å². The van der Waals surface area contributed by atoms with Crippen molar-refractivity contribution in [1.29, 1.82) is 0 Å². The molecule has 2 N–H and O–H groups in total. The average Bonchev–Trinajstić information content (AvgIpc) is 2.67. The van der Waals surface area contributed by atoms with Gasteiger partial charge in [-0.2, -0.15) is 0 Å². The molecule has 0 aliphatic carbocycles. The lowest BCUT2D eigenvalue weighted by Gasteiger charge is -2.32. The number of fused-ring (bicyclic) bond motifs is 1. The summed E-state index contributed by atoms with van der Waals surface area (Å²) in [6.07, 6.45) is 4.42. The first-order valence-corrected chi connectivity index (χ1v) is 8.43. The van der Waals surface area contributed by atoms with Crippen LogP contribution in [0.2, 0.25) is 0 Å². The van der Waals surface area contributed by atoms with Crippen LogP contribution in [0.15, 0.2) is 43.0 Å². The summed E-state index contributed by atoms with van der Waals surface area (Å²) in [5, 5.41) is 0.757. The van der Waals surface area contributed by atoms with Crippen molar-refractivity contribution in [3.8, 4) is 0 Å². The summed E-state index contributed by atoms with van der Waals surface area (Å²) in [6, 6.07) is 6.85. The molecular formula is C18H18F2N6. The average molecular weight is 356 g/mol. The Hall–Kier alpha value is -2.74. The number of nitrogens with two attached hydrogens (primary N) is 1. The Morgan fingerprint density at radius 1 is 1.08 bits per heavy atom. The van der Waals surface area contributed by atoms with Crippen molar-refractivity contribution in [1.82, 2.24) is 19.9 Å². The summed E-state index contributed by atoms with van der Waals surface area (Å²) in [5.41, 5.74) is 8.36. The molecule has 1 unspecified atom stereocenters. The van der Waals surface area contributed by atoms with Gasteiger partial charge in [0.15, 0.2) is 0 Å². The summed E-state index contributed by atoms with van der Waals surface area (Å²) in [4.78, 5) is 19.1. The topological polar surface area (TPSA) is 80.8 Å². The fourth-order valence-electron chi connectivity index (χ4n) is 3.15. The lowest BCUT2D eigenvalue weighted by atomic mass is 10.0. The first-order valence-electron chi connectivity index (χ1n) is 8.43. The van der Waals surface area contributed by atoms with Gasteiger partial charge in [-0.05, 0) is 18.2 Å². The Kier molecular flexibility index (Phi) is 4.20. The van der Waals surface area contributed by atoms with Crippen LogP contribution in [0.3, 0.4) is 0 Å². The minimum atomic E-state index is -2.59. The summed E-state index contributed by atoms with van der Waals surface area (Å²) in [7, 11) is 0. The van der Waals surface area contributed by atoms with Crippen LogP contribution in [0.5, 0.6) is 0 Å². The van der Waals surface area contributed by atoms with Crippen molar-refractivity contribution in [2.75, 3.05) is 18.0 Å². The molecule has 26 heavy (non-hydrogen) atoms. The van der Waals surface area contributed by atoms with Crippen LogP contribution in [0.1, 0.15) is 30.3 Å². The number of anilines is 1. The highest BCUT2D eigenvalue weighted by atomic mass is 19.3. The van der Waals surface area contributed by atoms with E-state index in [0.717, 1.165) is 5.39 Å². The van der Waals surface area contributed by atoms with Gasteiger partial charge >= 0.3 is 0 Å². The van der Waals surface area contributed by atoms with Crippen molar-refractivity contribution in [3.63, 3.8) is 0 Å². The number of hydrogen-bond donors (Lipinski definition) is 1. The van der Waals surface area contributed by atoms with Gasteiger partial charge in [0.2, 0.25) is 0 Å². The van der Waals surface area contributed by atoms with Crippen molar-refractivity contribution in [2.45, 2.75) is 24.8 Å². The van der Waals surface area contributed by atoms with E-state index >= 15 is 0 Å². The minimum Gasteiger partial charge on any atom is -0.356 e. The minimum absolute atomic E-state index is 0.168. The predicted molar refractivity (Wildman–Crippen MR) is 94.0 cm³/mol. The second-order valence-electron chi connectivity index (χ2n) is 6.39. The van der Waals surface area contributed by atoms with E-state index in [0.29, 0.717) is 22.7 Å². The van der Waals surface area contributed by atoms with E-state index in [2.05, 4.69) is 19.9 Å². The fraction of sp³-hybridized carbons (Fsp3) is 0.333. The first kappa shape index (κ1) is 16.7.